The second-order valence-corrected chi connectivity index (χ2v) is 6.71. The van der Waals surface area contributed by atoms with Crippen molar-refractivity contribution in [1.29, 1.82) is 0 Å². The minimum Gasteiger partial charge on any atom is -0.352 e. The number of carbonyl (C=O) groups is 1. The second kappa shape index (κ2) is 5.44. The number of hydrogen-bond acceptors (Lipinski definition) is 5. The normalized spacial score (nSPS) is 23.1. The molecule has 5 heterocycles. The monoisotopic (exact) mass is 354 g/mol. The predicted octanol–water partition coefficient (Wildman–Crippen LogP) is 2.66. The summed E-state index contributed by atoms with van der Waals surface area (Å²) < 4.78 is 38.4. The van der Waals surface area contributed by atoms with Crippen molar-refractivity contribution in [2.75, 3.05) is 18.0 Å². The van der Waals surface area contributed by atoms with Crippen molar-refractivity contribution in [3.8, 4) is 0 Å². The number of fused-ring (bicyclic) bond motifs is 2. The Hall–Kier alpha value is -2.16. The fourth-order valence-corrected chi connectivity index (χ4v) is 3.97. The van der Waals surface area contributed by atoms with Crippen LogP contribution in [0.1, 0.15) is 22.5 Å². The highest BCUT2D eigenvalue weighted by Crippen LogP contribution is 2.36. The quantitative estimate of drug-likeness (QED) is 0.832. The van der Waals surface area contributed by atoms with Crippen LogP contribution in [0, 0.1) is 0 Å². The summed E-state index contributed by atoms with van der Waals surface area (Å²) in [5.41, 5.74) is -0.275. The van der Waals surface area contributed by atoms with Gasteiger partial charge in [-0.15, -0.1) is 0 Å². The minimum atomic E-state index is -4.49. The molecule has 0 radical (unpaired) electrons. The van der Waals surface area contributed by atoms with E-state index in [-0.39, 0.29) is 23.8 Å². The van der Waals surface area contributed by atoms with Crippen LogP contribution in [0.4, 0.5) is 19.0 Å². The molecule has 2 unspecified atom stereocenters. The number of alkyl halides is 3. The van der Waals surface area contributed by atoms with E-state index in [1.54, 1.807) is 11.0 Å². The lowest BCUT2D eigenvalue weighted by atomic mass is 9.86. The SMILES string of the molecule is O=C(c1ccsc1)N1C2CC1CN(c1cc(C(F)(F)F)ncn1)C2. The Morgan fingerprint density at radius 2 is 2.00 bits per heavy atom. The predicted molar refractivity (Wildman–Crippen MR) is 81.9 cm³/mol. The number of aromatic nitrogens is 2. The molecule has 24 heavy (non-hydrogen) atoms. The molecule has 0 spiro atoms. The Morgan fingerprint density at radius 3 is 2.62 bits per heavy atom. The molecular formula is C15H13F3N4OS. The van der Waals surface area contributed by atoms with Gasteiger partial charge in [0.05, 0.1) is 17.6 Å². The van der Waals surface area contributed by atoms with E-state index < -0.39 is 11.9 Å². The highest BCUT2D eigenvalue weighted by Gasteiger charge is 2.48. The highest BCUT2D eigenvalue weighted by atomic mass is 32.1. The van der Waals surface area contributed by atoms with E-state index in [0.29, 0.717) is 18.7 Å². The maximum atomic E-state index is 12.8. The Balaban J connectivity index is 1.50. The number of carbonyl (C=O) groups excluding carboxylic acids is 1. The Morgan fingerprint density at radius 1 is 1.25 bits per heavy atom. The zero-order valence-corrected chi connectivity index (χ0v) is 13.2. The summed E-state index contributed by atoms with van der Waals surface area (Å²) in [5.74, 6) is 0.255. The Labute approximate surface area is 139 Å². The molecule has 126 valence electrons. The van der Waals surface area contributed by atoms with Gasteiger partial charge in [-0.25, -0.2) is 9.97 Å². The second-order valence-electron chi connectivity index (χ2n) is 5.93. The van der Waals surface area contributed by atoms with Crippen LogP contribution in [-0.2, 0) is 6.18 Å². The lowest BCUT2D eigenvalue weighted by molar-refractivity contribution is -0.141. The molecule has 0 N–H and O–H groups in total. The molecule has 9 heteroatoms. The van der Waals surface area contributed by atoms with Crippen molar-refractivity contribution in [2.24, 2.45) is 0 Å². The molecule has 0 aromatic carbocycles. The third-order valence-electron chi connectivity index (χ3n) is 4.46. The highest BCUT2D eigenvalue weighted by molar-refractivity contribution is 7.08. The molecule has 5 rings (SSSR count). The van der Waals surface area contributed by atoms with Crippen LogP contribution in [0.15, 0.2) is 29.2 Å². The molecular weight excluding hydrogens is 341 g/mol. The van der Waals surface area contributed by atoms with Crippen molar-refractivity contribution in [1.82, 2.24) is 14.9 Å². The summed E-state index contributed by atoms with van der Waals surface area (Å²) in [4.78, 5) is 23.4. The maximum absolute atomic E-state index is 12.8. The number of piperazine rings is 1. The van der Waals surface area contributed by atoms with E-state index in [2.05, 4.69) is 9.97 Å². The van der Waals surface area contributed by atoms with Crippen molar-refractivity contribution in [2.45, 2.75) is 24.7 Å². The molecule has 2 aromatic rings. The zero-order valence-electron chi connectivity index (χ0n) is 12.4. The van der Waals surface area contributed by atoms with Gasteiger partial charge in [0.15, 0.2) is 0 Å². The topological polar surface area (TPSA) is 49.3 Å². The lowest BCUT2D eigenvalue weighted by Crippen LogP contribution is -2.70. The molecule has 5 nitrogen and oxygen atoms in total. The third-order valence-corrected chi connectivity index (χ3v) is 5.15. The first kappa shape index (κ1) is 15.4. The van der Waals surface area contributed by atoms with E-state index in [4.69, 9.17) is 0 Å². The maximum Gasteiger partial charge on any atom is 0.433 e. The number of thiophene rings is 1. The smallest absolute Gasteiger partial charge is 0.352 e. The van der Waals surface area contributed by atoms with Gasteiger partial charge in [0.1, 0.15) is 17.8 Å². The first-order valence-electron chi connectivity index (χ1n) is 7.42. The van der Waals surface area contributed by atoms with Crippen molar-refractivity contribution in [3.05, 3.63) is 40.5 Å². The molecule has 0 saturated carbocycles. The fourth-order valence-electron chi connectivity index (χ4n) is 3.34. The van der Waals surface area contributed by atoms with Crippen molar-refractivity contribution in [3.63, 3.8) is 0 Å². The molecule has 1 amide bonds. The minimum absolute atomic E-state index is 0.00387. The van der Waals surface area contributed by atoms with E-state index >= 15 is 0 Å². The van der Waals surface area contributed by atoms with Gasteiger partial charge in [-0.1, -0.05) is 0 Å². The molecule has 2 atom stereocenters. The van der Waals surface area contributed by atoms with Gasteiger partial charge in [-0.05, 0) is 17.9 Å². The van der Waals surface area contributed by atoms with E-state index in [0.717, 1.165) is 18.8 Å². The molecule has 3 aliphatic heterocycles. The molecule has 0 aliphatic carbocycles. The number of rotatable bonds is 2. The molecule has 2 aromatic heterocycles. The third kappa shape index (κ3) is 2.52. The molecule has 3 saturated heterocycles. The van der Waals surface area contributed by atoms with Crippen molar-refractivity contribution >= 4 is 23.1 Å². The number of anilines is 1. The molecule has 2 bridgehead atoms. The van der Waals surface area contributed by atoms with Gasteiger partial charge < -0.3 is 9.80 Å². The van der Waals surface area contributed by atoms with Crippen LogP contribution in [0.5, 0.6) is 0 Å². The zero-order chi connectivity index (χ0) is 16.9. The van der Waals surface area contributed by atoms with Crippen LogP contribution >= 0.6 is 11.3 Å². The standard InChI is InChI=1S/C15H13F3N4OS/c16-15(17,18)12-4-13(20-8-19-12)21-5-10-3-11(6-21)22(10)14(23)9-1-2-24-7-9/h1-2,4,7-8,10-11H,3,5-6H2. The van der Waals surface area contributed by atoms with Gasteiger partial charge >= 0.3 is 6.18 Å². The first-order valence-corrected chi connectivity index (χ1v) is 8.37. The van der Waals surface area contributed by atoms with Crippen LogP contribution in [-0.4, -0.2) is 45.9 Å². The summed E-state index contributed by atoms with van der Waals surface area (Å²) in [6.07, 6.45) is -2.67. The van der Waals surface area contributed by atoms with E-state index in [9.17, 15) is 18.0 Å². The van der Waals surface area contributed by atoms with E-state index in [1.165, 1.54) is 11.3 Å². The van der Waals surface area contributed by atoms with Crippen LogP contribution in [0.25, 0.3) is 0 Å². The first-order chi connectivity index (χ1) is 11.4. The summed E-state index contributed by atoms with van der Waals surface area (Å²) in [5, 5.41) is 3.67. The van der Waals surface area contributed by atoms with Gasteiger partial charge in [0, 0.05) is 24.5 Å². The Bertz CT molecular complexity index is 752. The number of nitrogens with zero attached hydrogens (tertiary/aromatic N) is 4. The number of hydrogen-bond donors (Lipinski definition) is 0. The Kier molecular flexibility index (Phi) is 3.48. The number of halogens is 3. The number of piperidine rings is 1. The largest absolute Gasteiger partial charge is 0.433 e. The van der Waals surface area contributed by atoms with Gasteiger partial charge in [0.2, 0.25) is 0 Å². The van der Waals surface area contributed by atoms with Gasteiger partial charge in [-0.3, -0.25) is 4.79 Å². The summed E-state index contributed by atoms with van der Waals surface area (Å²) in [6, 6.07) is 2.79. The summed E-state index contributed by atoms with van der Waals surface area (Å²) in [6.45, 7) is 0.974. The molecule has 3 aliphatic rings. The van der Waals surface area contributed by atoms with E-state index in [1.807, 2.05) is 15.7 Å². The molecule has 3 fully saturated rings. The van der Waals surface area contributed by atoms with Crippen LogP contribution in [0.2, 0.25) is 0 Å². The van der Waals surface area contributed by atoms with Crippen molar-refractivity contribution < 1.29 is 18.0 Å². The number of amides is 1. The fraction of sp³-hybridized carbons (Fsp3) is 0.400. The average Bonchev–Trinajstić information content (AvgIpc) is 3.09. The van der Waals surface area contributed by atoms with Crippen LogP contribution < -0.4 is 4.90 Å². The summed E-state index contributed by atoms with van der Waals surface area (Å²) in [7, 11) is 0. The van der Waals surface area contributed by atoms with Gasteiger partial charge in [-0.2, -0.15) is 24.5 Å². The lowest BCUT2D eigenvalue weighted by Gasteiger charge is -2.56. The summed E-state index contributed by atoms with van der Waals surface area (Å²) >= 11 is 1.47. The van der Waals surface area contributed by atoms with Gasteiger partial charge in [0.25, 0.3) is 5.91 Å². The average molecular weight is 354 g/mol. The van der Waals surface area contributed by atoms with Crippen LogP contribution in [0.3, 0.4) is 0 Å².